The van der Waals surface area contributed by atoms with E-state index in [4.69, 9.17) is 4.74 Å². The molecule has 1 aromatic heterocycles. The Hall–Kier alpha value is -3.06. The van der Waals surface area contributed by atoms with Gasteiger partial charge >= 0.3 is 5.97 Å². The van der Waals surface area contributed by atoms with E-state index < -0.39 is 17.9 Å². The van der Waals surface area contributed by atoms with Gasteiger partial charge in [-0.3, -0.25) is 4.79 Å². The second-order valence-electron chi connectivity index (χ2n) is 6.18. The van der Waals surface area contributed by atoms with E-state index in [1.807, 2.05) is 30.3 Å². The third-order valence-electron chi connectivity index (χ3n) is 4.17. The summed E-state index contributed by atoms with van der Waals surface area (Å²) in [5.41, 5.74) is 2.18. The Kier molecular flexibility index (Phi) is 6.16. The van der Waals surface area contributed by atoms with Crippen LogP contribution in [-0.2, 0) is 16.0 Å². The molecule has 7 heteroatoms. The minimum absolute atomic E-state index is 0.321. The Bertz CT molecular complexity index is 971. The summed E-state index contributed by atoms with van der Waals surface area (Å²) in [6.07, 6.45) is 0.321. The number of carbonyl (C=O) groups excluding carboxylic acids is 2. The number of carbonyl (C=O) groups is 2. The molecular weight excluding hydrogens is 379 g/mol. The molecule has 144 valence electrons. The second kappa shape index (κ2) is 8.75. The highest BCUT2D eigenvalue weighted by Crippen LogP contribution is 2.28. The maximum Gasteiger partial charge on any atom is 0.328 e. The number of thiazole rings is 1. The lowest BCUT2D eigenvalue weighted by molar-refractivity contribution is -0.142. The lowest BCUT2D eigenvalue weighted by Gasteiger charge is -2.16. The number of ether oxygens (including phenoxy) is 1. The van der Waals surface area contributed by atoms with Crippen molar-refractivity contribution in [3.63, 3.8) is 0 Å². The van der Waals surface area contributed by atoms with Gasteiger partial charge in [0.05, 0.1) is 12.8 Å². The van der Waals surface area contributed by atoms with E-state index in [0.717, 1.165) is 11.1 Å². The molecule has 3 rings (SSSR count). The van der Waals surface area contributed by atoms with Crippen LogP contribution in [-0.4, -0.2) is 30.0 Å². The first-order chi connectivity index (χ1) is 13.5. The molecule has 3 aromatic rings. The van der Waals surface area contributed by atoms with Crippen LogP contribution in [0.1, 0.15) is 20.9 Å². The van der Waals surface area contributed by atoms with E-state index in [-0.39, 0.29) is 5.82 Å². The highest BCUT2D eigenvalue weighted by molar-refractivity contribution is 7.17. The van der Waals surface area contributed by atoms with Gasteiger partial charge in [0.15, 0.2) is 0 Å². The first kappa shape index (κ1) is 19.7. The molecule has 0 aliphatic heterocycles. The summed E-state index contributed by atoms with van der Waals surface area (Å²) in [6, 6.07) is 14.5. The number of amides is 1. The van der Waals surface area contributed by atoms with Crippen LogP contribution in [0.25, 0.3) is 10.6 Å². The molecule has 28 heavy (non-hydrogen) atoms. The van der Waals surface area contributed by atoms with Crippen LogP contribution in [0, 0.1) is 12.7 Å². The number of hydrogen-bond acceptors (Lipinski definition) is 5. The van der Waals surface area contributed by atoms with Crippen LogP contribution in [0.3, 0.4) is 0 Å². The number of rotatable bonds is 6. The number of aryl methyl sites for hydroxylation is 1. The first-order valence-corrected chi connectivity index (χ1v) is 9.45. The molecule has 0 radical (unpaired) electrons. The van der Waals surface area contributed by atoms with Crippen molar-refractivity contribution in [2.24, 2.45) is 0 Å². The molecular formula is C21H19FN2O3S. The van der Waals surface area contributed by atoms with Crippen molar-refractivity contribution in [3.05, 3.63) is 76.5 Å². The van der Waals surface area contributed by atoms with Gasteiger partial charge in [0.25, 0.3) is 5.91 Å². The minimum atomic E-state index is -0.810. The number of halogens is 1. The average Bonchev–Trinajstić information content (AvgIpc) is 3.10. The Morgan fingerprint density at radius 2 is 1.82 bits per heavy atom. The van der Waals surface area contributed by atoms with E-state index >= 15 is 0 Å². The number of benzene rings is 2. The molecule has 0 aliphatic carbocycles. The van der Waals surface area contributed by atoms with Crippen LogP contribution < -0.4 is 5.32 Å². The van der Waals surface area contributed by atoms with Crippen molar-refractivity contribution in [3.8, 4) is 10.6 Å². The fourth-order valence-electron chi connectivity index (χ4n) is 2.73. The monoisotopic (exact) mass is 398 g/mol. The Morgan fingerprint density at radius 1 is 1.14 bits per heavy atom. The maximum absolute atomic E-state index is 13.1. The summed E-state index contributed by atoms with van der Waals surface area (Å²) in [5, 5.41) is 3.36. The summed E-state index contributed by atoms with van der Waals surface area (Å²) in [5.74, 6) is -1.25. The number of aromatic nitrogens is 1. The van der Waals surface area contributed by atoms with Gasteiger partial charge in [-0.05, 0) is 36.8 Å². The topological polar surface area (TPSA) is 68.3 Å². The van der Waals surface area contributed by atoms with Gasteiger partial charge in [-0.15, -0.1) is 11.3 Å². The number of nitrogens with zero attached hydrogens (tertiary/aromatic N) is 1. The number of methoxy groups -OCH3 is 1. The van der Waals surface area contributed by atoms with E-state index in [9.17, 15) is 14.0 Å². The highest BCUT2D eigenvalue weighted by Gasteiger charge is 2.25. The maximum atomic E-state index is 13.1. The molecule has 2 aromatic carbocycles. The van der Waals surface area contributed by atoms with Crippen molar-refractivity contribution in [1.82, 2.24) is 10.3 Å². The zero-order valence-corrected chi connectivity index (χ0v) is 16.3. The average molecular weight is 398 g/mol. The normalized spacial score (nSPS) is 11.7. The standard InChI is InChI=1S/C21H19FN2O3S/c1-13-18(28-20(23-13)15-8-10-16(22)11-9-15)19(25)24-17(21(26)27-2)12-14-6-4-3-5-7-14/h3-11,17H,12H2,1-2H3,(H,24,25)/t17-/m1/s1. The van der Waals surface area contributed by atoms with Gasteiger partial charge in [-0.25, -0.2) is 14.2 Å². The number of esters is 1. The first-order valence-electron chi connectivity index (χ1n) is 8.64. The smallest absolute Gasteiger partial charge is 0.328 e. The molecule has 0 spiro atoms. The van der Waals surface area contributed by atoms with Crippen LogP contribution in [0.5, 0.6) is 0 Å². The summed E-state index contributed by atoms with van der Waals surface area (Å²) < 4.78 is 18.0. The molecule has 0 saturated carbocycles. The molecule has 5 nitrogen and oxygen atoms in total. The van der Waals surface area contributed by atoms with Crippen LogP contribution in [0.4, 0.5) is 4.39 Å². The fraction of sp³-hybridized carbons (Fsp3) is 0.190. The van der Waals surface area contributed by atoms with Crippen molar-refractivity contribution in [2.45, 2.75) is 19.4 Å². The van der Waals surface area contributed by atoms with Gasteiger partial charge in [-0.1, -0.05) is 30.3 Å². The van der Waals surface area contributed by atoms with Gasteiger partial charge in [0, 0.05) is 12.0 Å². The third-order valence-corrected chi connectivity index (χ3v) is 5.37. The molecule has 0 aliphatic rings. The molecule has 1 N–H and O–H groups in total. The third kappa shape index (κ3) is 4.61. The highest BCUT2D eigenvalue weighted by atomic mass is 32.1. The Balaban J connectivity index is 1.80. The molecule has 1 heterocycles. The Labute approximate surface area is 166 Å². The molecule has 1 amide bonds. The predicted octanol–water partition coefficient (Wildman–Crippen LogP) is 3.77. The number of hydrogen-bond donors (Lipinski definition) is 1. The molecule has 0 unspecified atom stereocenters. The van der Waals surface area contributed by atoms with E-state index in [2.05, 4.69) is 10.3 Å². The summed E-state index contributed by atoms with van der Waals surface area (Å²) in [6.45, 7) is 1.72. The van der Waals surface area contributed by atoms with Crippen LogP contribution >= 0.6 is 11.3 Å². The summed E-state index contributed by atoms with van der Waals surface area (Å²) in [7, 11) is 1.29. The van der Waals surface area contributed by atoms with Crippen molar-refractivity contribution >= 4 is 23.2 Å². The van der Waals surface area contributed by atoms with Gasteiger partial charge in [-0.2, -0.15) is 0 Å². The largest absolute Gasteiger partial charge is 0.467 e. The molecule has 0 saturated heterocycles. The second-order valence-corrected chi connectivity index (χ2v) is 7.18. The van der Waals surface area contributed by atoms with Gasteiger partial charge in [0.2, 0.25) is 0 Å². The van der Waals surface area contributed by atoms with Crippen LogP contribution in [0.2, 0.25) is 0 Å². The quantitative estimate of drug-likeness (QED) is 0.642. The summed E-state index contributed by atoms with van der Waals surface area (Å²) >= 11 is 1.20. The number of nitrogens with one attached hydrogen (secondary N) is 1. The molecule has 0 fully saturated rings. The van der Waals surface area contributed by atoms with E-state index in [1.54, 1.807) is 19.1 Å². The zero-order chi connectivity index (χ0) is 20.1. The summed E-state index contributed by atoms with van der Waals surface area (Å²) in [4.78, 5) is 29.7. The Morgan fingerprint density at radius 3 is 2.46 bits per heavy atom. The van der Waals surface area contributed by atoms with Gasteiger partial charge in [0.1, 0.15) is 21.7 Å². The zero-order valence-electron chi connectivity index (χ0n) is 15.4. The minimum Gasteiger partial charge on any atom is -0.467 e. The van der Waals surface area contributed by atoms with Crippen molar-refractivity contribution < 1.29 is 18.7 Å². The fourth-order valence-corrected chi connectivity index (χ4v) is 3.71. The lowest BCUT2D eigenvalue weighted by Crippen LogP contribution is -2.43. The van der Waals surface area contributed by atoms with Crippen LogP contribution in [0.15, 0.2) is 54.6 Å². The lowest BCUT2D eigenvalue weighted by atomic mass is 10.1. The molecule has 0 bridgehead atoms. The SMILES string of the molecule is COC(=O)[C@@H](Cc1ccccc1)NC(=O)c1sc(-c2ccc(F)cc2)nc1C. The van der Waals surface area contributed by atoms with Crippen molar-refractivity contribution in [1.29, 1.82) is 0 Å². The predicted molar refractivity (Wildman–Crippen MR) is 106 cm³/mol. The van der Waals surface area contributed by atoms with E-state index in [1.165, 1.54) is 30.6 Å². The van der Waals surface area contributed by atoms with Gasteiger partial charge < -0.3 is 10.1 Å². The van der Waals surface area contributed by atoms with Crippen molar-refractivity contribution in [2.75, 3.05) is 7.11 Å². The molecule has 1 atom stereocenters. The van der Waals surface area contributed by atoms with E-state index in [0.29, 0.717) is 22.0 Å².